The standard InChI is InChI=1S/C20H26FN3O3S.C20H28FNO4.C19H25BrFNO4.C18H24FNO3S.C17H23BrFNO3.C14H14Cl2FN3O2S/c1-19(2,3)27-18(25)24-14(10-21)16(26-20(24,4)5)13-8-6-12(7-9-13)15-11-23-17(22)28-15;1-19(2,3)26-18(23)22-16(13-21)17(25-20(22,4)5)15-9-7-14(8-10-15)11-12-24-6;1-18(2,3)26-17(24)22-15(10-21)16(25-19(22,4)5)13-8-6-12(7-9-13)14(20)11-23;1-17(2,3)23-16(21)20-14(10-19)15(22-18(20,4)5)13-8-6-12(11-24)7-9-13;1-16(2,3)23-15(21)20-13(10-19)14(22-17(20,4)5)11-6-8-12(18)9-7-11;15-12(16)13(22)20-9(5-17)11(21)8-3-1-7(2-4-8)10-6-19-14(18)23-10/h6-9,11,14,16H,10H2,1-5H3,(H2,22,23);7-12,16-17H,13H2,1-6H3;6-9,11,14-16H,10H2,1-5H3;6-9,11,14-15H,10H2,1-5H3;6-9,13-14H,10H2,1-5H3;1-4,6,9,11-12,21H,5H2,(H2,18,19)(H,20,22)/t14-,16-;16-,17-;14?,15-,16-;14-,15-;13-,14-;9-,11-/m111111/s1. The monoisotopic (exact) mass is 2320 g/mol. The minimum Gasteiger partial charge on any atom is -0.504 e. The van der Waals surface area contributed by atoms with Crippen LogP contribution in [0.5, 0.6) is 0 Å². The first-order valence-corrected chi connectivity index (χ1v) is 52.9. The molecule has 5 aliphatic rings. The first-order chi connectivity index (χ1) is 69.7. The fourth-order valence-electron chi connectivity index (χ4n) is 16.9. The third-order valence-corrected chi connectivity index (χ3v) is 27.0. The van der Waals surface area contributed by atoms with Crippen LogP contribution in [-0.4, -0.2) is 232 Å². The Morgan fingerprint density at radius 2 is 0.700 bits per heavy atom. The van der Waals surface area contributed by atoms with Crippen LogP contribution in [-0.2, 0) is 61.7 Å². The van der Waals surface area contributed by atoms with E-state index in [4.69, 9.17) is 99.0 Å². The predicted octanol–water partition coefficient (Wildman–Crippen LogP) is 26.1. The molecule has 42 heteroatoms. The molecule has 1 unspecified atom stereocenters. The summed E-state index contributed by atoms with van der Waals surface area (Å²) >= 11 is 25.1. The molecule has 6 aromatic carbocycles. The first-order valence-electron chi connectivity index (χ1n) is 48.2. The second kappa shape index (κ2) is 52.4. The van der Waals surface area contributed by atoms with Gasteiger partial charge in [-0.25, -0.2) is 60.3 Å². The Morgan fingerprint density at radius 1 is 0.447 bits per heavy atom. The number of halogens is 10. The van der Waals surface area contributed by atoms with Gasteiger partial charge in [0.15, 0.2) is 15.1 Å². The molecule has 0 aliphatic carbocycles. The van der Waals surface area contributed by atoms with Crippen LogP contribution < -0.4 is 16.8 Å². The summed E-state index contributed by atoms with van der Waals surface area (Å²) in [4.78, 5) is 100. The third kappa shape index (κ3) is 34.1. The molecule has 150 heavy (non-hydrogen) atoms. The lowest BCUT2D eigenvalue weighted by atomic mass is 10.0. The molecule has 0 radical (unpaired) electrons. The van der Waals surface area contributed by atoms with E-state index in [0.29, 0.717) is 15.8 Å². The zero-order chi connectivity index (χ0) is 112. The highest BCUT2D eigenvalue weighted by Crippen LogP contribution is 2.49. The van der Waals surface area contributed by atoms with Crippen molar-refractivity contribution in [2.24, 2.45) is 0 Å². The largest absolute Gasteiger partial charge is 0.504 e. The average molecular weight is 2320 g/mol. The second-order valence-electron chi connectivity index (χ2n) is 42.9. The Labute approximate surface area is 915 Å². The van der Waals surface area contributed by atoms with E-state index in [2.05, 4.69) is 47.1 Å². The zero-order valence-corrected chi connectivity index (χ0v) is 96.4. The number of benzene rings is 6. The van der Waals surface area contributed by atoms with Gasteiger partial charge in [-0.1, -0.05) is 223 Å². The van der Waals surface area contributed by atoms with Gasteiger partial charge in [0.2, 0.25) is 0 Å². The summed E-state index contributed by atoms with van der Waals surface area (Å²) in [5.41, 5.74) is 12.0. The van der Waals surface area contributed by atoms with Crippen molar-refractivity contribution < 1.29 is 117 Å². The molecule has 5 aliphatic heterocycles. The number of thiocarbonyl (C=S) groups is 1. The van der Waals surface area contributed by atoms with Gasteiger partial charge in [-0.3, -0.25) is 29.3 Å². The number of ether oxygens (including phenoxy) is 11. The summed E-state index contributed by atoms with van der Waals surface area (Å²) in [5.74, 6) is -0.758. The summed E-state index contributed by atoms with van der Waals surface area (Å²) in [6.45, 7) is 39.4. The van der Waals surface area contributed by atoms with Crippen molar-refractivity contribution in [2.75, 3.05) is 58.6 Å². The van der Waals surface area contributed by atoms with Gasteiger partial charge >= 0.3 is 30.5 Å². The number of thiazole rings is 2. The fourth-order valence-corrected chi connectivity index (χ4v) is 19.2. The van der Waals surface area contributed by atoms with E-state index in [1.54, 1.807) is 253 Å². The molecule has 13 atom stereocenters. The lowest BCUT2D eigenvalue weighted by Crippen LogP contribution is -2.50. The van der Waals surface area contributed by atoms with Crippen molar-refractivity contribution in [3.05, 3.63) is 219 Å². The van der Waals surface area contributed by atoms with Gasteiger partial charge in [0.1, 0.15) is 140 Å². The van der Waals surface area contributed by atoms with Crippen molar-refractivity contribution in [3.63, 3.8) is 0 Å². The third-order valence-electron chi connectivity index (χ3n) is 23.3. The minimum absolute atomic E-state index is 0.396. The van der Waals surface area contributed by atoms with E-state index >= 15 is 0 Å². The Bertz CT molecular complexity index is 5820. The number of anilines is 2. The fraction of sp³-hybridized carbons (Fsp3) is 0.519. The summed E-state index contributed by atoms with van der Waals surface area (Å²) in [5, 5.41) is 15.0. The van der Waals surface area contributed by atoms with Gasteiger partial charge in [-0.2, -0.15) is 0 Å². The molecule has 7 heterocycles. The number of hydrogen-bond acceptors (Lipinski definition) is 26. The van der Waals surface area contributed by atoms with Gasteiger partial charge in [0.25, 0.3) is 5.91 Å². The molecule has 0 spiro atoms. The highest BCUT2D eigenvalue weighted by molar-refractivity contribution is 9.10. The average Bonchev–Trinajstić information content (AvgIpc) is 1.62. The van der Waals surface area contributed by atoms with E-state index in [1.807, 2.05) is 103 Å². The highest BCUT2D eigenvalue weighted by Gasteiger charge is 2.58. The molecule has 8 aromatic rings. The maximum Gasteiger partial charge on any atom is 0.413 e. The molecule has 824 valence electrons. The number of nitrogens with one attached hydrogen (secondary N) is 1. The normalized spacial score (nSPS) is 21.5. The maximum absolute atomic E-state index is 14.0. The number of aromatic nitrogens is 2. The molecule has 6 amide bonds. The van der Waals surface area contributed by atoms with Crippen LogP contribution in [0.4, 0.5) is 60.6 Å². The van der Waals surface area contributed by atoms with E-state index in [-0.39, 0.29) is 0 Å². The number of aldehydes is 1. The van der Waals surface area contributed by atoms with E-state index < -0.39 is 216 Å². The number of aliphatic hydroxyl groups is 1. The number of amides is 6. The minimum atomic E-state index is -1.32. The van der Waals surface area contributed by atoms with Crippen LogP contribution in [0.15, 0.2) is 169 Å². The molecule has 29 nitrogen and oxygen atoms in total. The lowest BCUT2D eigenvalue weighted by Gasteiger charge is -2.34. The van der Waals surface area contributed by atoms with Crippen molar-refractivity contribution in [3.8, 4) is 20.9 Å². The molecule has 5 fully saturated rings. The number of carbonyl (C=O) groups excluding carboxylic acids is 7. The number of carbonyl (C=O) groups is 7. The van der Waals surface area contributed by atoms with Crippen molar-refractivity contribution in [2.45, 2.75) is 312 Å². The van der Waals surface area contributed by atoms with Crippen LogP contribution in [0.2, 0.25) is 0 Å². The smallest absolute Gasteiger partial charge is 0.413 e. The van der Waals surface area contributed by atoms with Gasteiger partial charge in [0.05, 0.1) is 64.2 Å². The summed E-state index contributed by atoms with van der Waals surface area (Å²) < 4.78 is 146. The van der Waals surface area contributed by atoms with Gasteiger partial charge < -0.3 is 78.8 Å². The van der Waals surface area contributed by atoms with E-state index in [9.17, 15) is 65.0 Å². The quantitative estimate of drug-likeness (QED) is 0.0122. The van der Waals surface area contributed by atoms with Crippen molar-refractivity contribution in [1.29, 1.82) is 0 Å². The number of aliphatic hydroxyl groups excluding tert-OH is 1. The number of nitrogens with zero attached hydrogens (tertiary/aromatic N) is 7. The number of nitrogens with two attached hydrogens (primary N) is 2. The van der Waals surface area contributed by atoms with Crippen molar-refractivity contribution >= 4 is 154 Å². The maximum atomic E-state index is 14.0. The molecule has 0 saturated carbocycles. The van der Waals surface area contributed by atoms with Crippen LogP contribution in [0.3, 0.4) is 0 Å². The zero-order valence-electron chi connectivity index (χ0n) is 89.2. The number of alkyl halides is 9. The van der Waals surface area contributed by atoms with Crippen LogP contribution in [0, 0.1) is 0 Å². The topological polar surface area (TPSA) is 347 Å². The molecule has 0 bridgehead atoms. The van der Waals surface area contributed by atoms with E-state index in [1.165, 1.54) is 47.2 Å². The SMILES string of the molecule is CC(C)(C)OC(=O)N1[C@H](CF)[C@@H](c2ccc(-c3cnc(N)s3)cc2)OC1(C)C.CC(C)(C)OC(=O)N1[C@H](CF)[C@@H](c2ccc(Br)cc2)OC1(C)C.CC(C)(C)OC(=O)N1[C@H](CF)[C@@H](c2ccc(C(Br)C=O)cc2)OC1(C)C.CC(C)(C)OC(=O)N1[C@H](CF)[C@@H](c2ccc(C=S)cc2)OC1(C)C.COC=Cc1ccc([C@H]2OC(C)(C)N(C(=O)OC(C)(C)C)[C@@H]2CF)cc1.Nc1ncc(-c2ccc([C@@H](O)[C@@H](CF)NC(=O)C(Cl)Cl)cc2)s1. The number of methoxy groups -OCH3 is 1. The summed E-state index contributed by atoms with van der Waals surface area (Å²) in [6, 6.07) is 39.0. The van der Waals surface area contributed by atoms with Gasteiger partial charge in [0, 0.05) is 22.2 Å². The van der Waals surface area contributed by atoms with Gasteiger partial charge in [-0.05, 0) is 253 Å². The Balaban J connectivity index is 0.000000219. The Kier molecular flexibility index (Phi) is 43.8. The van der Waals surface area contributed by atoms with Crippen LogP contribution in [0.1, 0.15) is 265 Å². The molecule has 5 saturated heterocycles. The first kappa shape index (κ1) is 125. The van der Waals surface area contributed by atoms with E-state index in [0.717, 1.165) is 76.1 Å². The molecular formula is C108H140Br2Cl2F6N10O19S3. The molecule has 6 N–H and O–H groups in total. The Hall–Kier alpha value is -9.82. The summed E-state index contributed by atoms with van der Waals surface area (Å²) in [7, 11) is 1.58. The van der Waals surface area contributed by atoms with Gasteiger partial charge in [-0.15, -0.1) is 0 Å². The van der Waals surface area contributed by atoms with Crippen molar-refractivity contribution in [1.82, 2.24) is 39.8 Å². The Morgan fingerprint density at radius 3 is 0.933 bits per heavy atom. The molecule has 13 rings (SSSR count). The lowest BCUT2D eigenvalue weighted by molar-refractivity contribution is -0.121. The second-order valence-corrected chi connectivity index (χ2v) is 48.3. The highest BCUT2D eigenvalue weighted by atomic mass is 79.9. The number of hydrogen-bond donors (Lipinski definition) is 4. The van der Waals surface area contributed by atoms with Crippen LogP contribution >= 0.6 is 90.0 Å². The predicted molar refractivity (Wildman–Crippen MR) is 581 cm³/mol. The molecule has 2 aromatic heterocycles. The number of nitrogen functional groups attached to an aromatic ring is 2. The summed E-state index contributed by atoms with van der Waals surface area (Å²) in [6.07, 6.45) is 0.563. The van der Waals surface area contributed by atoms with Crippen LogP contribution in [0.25, 0.3) is 27.0 Å². The molecular weight excluding hydrogens is 2180 g/mol. The number of rotatable bonds is 22.